The summed E-state index contributed by atoms with van der Waals surface area (Å²) in [5, 5.41) is 9.16. The Morgan fingerprint density at radius 1 is 1.29 bits per heavy atom. The van der Waals surface area contributed by atoms with Crippen LogP contribution in [-0.2, 0) is 6.54 Å². The fourth-order valence-corrected chi connectivity index (χ4v) is 1.96. The predicted molar refractivity (Wildman–Crippen MR) is 73.3 cm³/mol. The molecule has 0 aliphatic carbocycles. The topological polar surface area (TPSA) is 49.5 Å². The first-order chi connectivity index (χ1) is 8.22. The van der Waals surface area contributed by atoms with Gasteiger partial charge in [-0.25, -0.2) is 0 Å². The lowest BCUT2D eigenvalue weighted by Crippen LogP contribution is -2.29. The van der Waals surface area contributed by atoms with Crippen molar-refractivity contribution in [3.63, 3.8) is 0 Å². The number of anilines is 1. The van der Waals surface area contributed by atoms with Crippen molar-refractivity contribution in [3.05, 3.63) is 29.3 Å². The Bertz CT molecular complexity index is 339. The lowest BCUT2D eigenvalue weighted by molar-refractivity contribution is 0.301. The van der Waals surface area contributed by atoms with Crippen LogP contribution in [0.15, 0.2) is 18.2 Å². The van der Waals surface area contributed by atoms with Crippen LogP contribution in [-0.4, -0.2) is 24.8 Å². The molecule has 96 valence electrons. The number of aliphatic hydroxyl groups excluding tert-OH is 1. The SMILES string of the molecule is CCCCN(CCO)c1cc(C)ccc1CN. The van der Waals surface area contributed by atoms with Gasteiger partial charge in [0.15, 0.2) is 0 Å². The monoisotopic (exact) mass is 236 g/mol. The highest BCUT2D eigenvalue weighted by atomic mass is 16.3. The molecule has 1 aromatic rings. The fraction of sp³-hybridized carbons (Fsp3) is 0.571. The molecule has 0 aliphatic rings. The van der Waals surface area contributed by atoms with Crippen LogP contribution in [0, 0.1) is 6.92 Å². The zero-order valence-corrected chi connectivity index (χ0v) is 10.9. The van der Waals surface area contributed by atoms with Crippen LogP contribution in [0.3, 0.4) is 0 Å². The fourth-order valence-electron chi connectivity index (χ4n) is 1.96. The third-order valence-electron chi connectivity index (χ3n) is 2.95. The summed E-state index contributed by atoms with van der Waals surface area (Å²) in [4.78, 5) is 2.23. The molecule has 0 saturated carbocycles. The van der Waals surface area contributed by atoms with Crippen molar-refractivity contribution < 1.29 is 5.11 Å². The minimum Gasteiger partial charge on any atom is -0.395 e. The smallest absolute Gasteiger partial charge is 0.0606 e. The molecule has 0 bridgehead atoms. The number of hydrogen-bond acceptors (Lipinski definition) is 3. The maximum absolute atomic E-state index is 9.16. The second-order valence-corrected chi connectivity index (χ2v) is 4.40. The molecular weight excluding hydrogens is 212 g/mol. The van der Waals surface area contributed by atoms with Gasteiger partial charge in [0.2, 0.25) is 0 Å². The second kappa shape index (κ2) is 7.30. The summed E-state index contributed by atoms with van der Waals surface area (Å²) in [6.45, 7) is 6.65. The standard InChI is InChI=1S/C14H24N2O/c1-3-4-7-16(8-9-17)14-10-12(2)5-6-13(14)11-15/h5-6,10,17H,3-4,7-9,11,15H2,1-2H3. The van der Waals surface area contributed by atoms with Crippen LogP contribution in [0.25, 0.3) is 0 Å². The van der Waals surface area contributed by atoms with Gasteiger partial charge in [0.1, 0.15) is 0 Å². The van der Waals surface area contributed by atoms with Gasteiger partial charge in [-0.2, -0.15) is 0 Å². The molecular formula is C14H24N2O. The number of nitrogens with two attached hydrogens (primary N) is 1. The van der Waals surface area contributed by atoms with Crippen LogP contribution in [0.2, 0.25) is 0 Å². The second-order valence-electron chi connectivity index (χ2n) is 4.40. The first-order valence-corrected chi connectivity index (χ1v) is 6.38. The third-order valence-corrected chi connectivity index (χ3v) is 2.95. The number of aliphatic hydroxyl groups is 1. The molecule has 0 atom stereocenters. The first kappa shape index (κ1) is 14.0. The molecule has 0 fully saturated rings. The Morgan fingerprint density at radius 2 is 2.06 bits per heavy atom. The Hall–Kier alpha value is -1.06. The van der Waals surface area contributed by atoms with Crippen LogP contribution < -0.4 is 10.6 Å². The maximum Gasteiger partial charge on any atom is 0.0606 e. The van der Waals surface area contributed by atoms with E-state index in [2.05, 4.69) is 36.9 Å². The summed E-state index contributed by atoms with van der Waals surface area (Å²) in [7, 11) is 0. The molecule has 1 aromatic carbocycles. The Labute approximate surface area is 104 Å². The highest BCUT2D eigenvalue weighted by Crippen LogP contribution is 2.22. The van der Waals surface area contributed by atoms with Gasteiger partial charge in [-0.3, -0.25) is 0 Å². The van der Waals surface area contributed by atoms with Crippen molar-refractivity contribution in [2.75, 3.05) is 24.6 Å². The van der Waals surface area contributed by atoms with E-state index in [1.54, 1.807) is 0 Å². The molecule has 0 amide bonds. The summed E-state index contributed by atoms with van der Waals surface area (Å²) >= 11 is 0. The van der Waals surface area contributed by atoms with Gasteiger partial charge in [-0.05, 0) is 30.5 Å². The van der Waals surface area contributed by atoms with Crippen LogP contribution in [0.1, 0.15) is 30.9 Å². The van der Waals surface area contributed by atoms with Crippen molar-refractivity contribution in [2.45, 2.75) is 33.2 Å². The average Bonchev–Trinajstić information content (AvgIpc) is 2.34. The van der Waals surface area contributed by atoms with Gasteiger partial charge in [-0.15, -0.1) is 0 Å². The zero-order chi connectivity index (χ0) is 12.7. The molecule has 0 aliphatic heterocycles. The highest BCUT2D eigenvalue weighted by Gasteiger charge is 2.09. The van der Waals surface area contributed by atoms with Gasteiger partial charge in [0.05, 0.1) is 6.61 Å². The van der Waals surface area contributed by atoms with Crippen molar-refractivity contribution in [1.29, 1.82) is 0 Å². The van der Waals surface area contributed by atoms with E-state index in [0.29, 0.717) is 13.1 Å². The van der Waals surface area contributed by atoms with Crippen LogP contribution in [0.4, 0.5) is 5.69 Å². The summed E-state index contributed by atoms with van der Waals surface area (Å²) in [6, 6.07) is 6.33. The summed E-state index contributed by atoms with van der Waals surface area (Å²) in [5.74, 6) is 0. The quantitative estimate of drug-likeness (QED) is 0.762. The summed E-state index contributed by atoms with van der Waals surface area (Å²) in [5.41, 5.74) is 9.34. The van der Waals surface area contributed by atoms with Gasteiger partial charge < -0.3 is 15.7 Å². The summed E-state index contributed by atoms with van der Waals surface area (Å²) in [6.07, 6.45) is 2.30. The van der Waals surface area contributed by atoms with E-state index < -0.39 is 0 Å². The molecule has 1 rings (SSSR count). The molecule has 0 aromatic heterocycles. The lowest BCUT2D eigenvalue weighted by atomic mass is 10.1. The van der Waals surface area contributed by atoms with Crippen molar-refractivity contribution in [2.24, 2.45) is 5.73 Å². The number of rotatable bonds is 7. The van der Waals surface area contributed by atoms with Gasteiger partial charge >= 0.3 is 0 Å². The number of benzene rings is 1. The minimum absolute atomic E-state index is 0.182. The first-order valence-electron chi connectivity index (χ1n) is 6.38. The van der Waals surface area contributed by atoms with Crippen LogP contribution in [0.5, 0.6) is 0 Å². The Kier molecular flexibility index (Phi) is 6.01. The van der Waals surface area contributed by atoms with Crippen molar-refractivity contribution in [1.82, 2.24) is 0 Å². The van der Waals surface area contributed by atoms with E-state index in [1.807, 2.05) is 0 Å². The number of nitrogens with zero attached hydrogens (tertiary/aromatic N) is 1. The molecule has 3 heteroatoms. The van der Waals surface area contributed by atoms with E-state index in [4.69, 9.17) is 10.8 Å². The van der Waals surface area contributed by atoms with E-state index >= 15 is 0 Å². The van der Waals surface area contributed by atoms with E-state index in [1.165, 1.54) is 11.3 Å². The molecule has 3 N–H and O–H groups in total. The number of unbranched alkanes of at least 4 members (excludes halogenated alkanes) is 1. The van der Waals surface area contributed by atoms with E-state index in [9.17, 15) is 0 Å². The van der Waals surface area contributed by atoms with Crippen LogP contribution >= 0.6 is 0 Å². The van der Waals surface area contributed by atoms with Crippen molar-refractivity contribution >= 4 is 5.69 Å². The highest BCUT2D eigenvalue weighted by molar-refractivity contribution is 5.55. The molecule has 0 unspecified atom stereocenters. The summed E-state index contributed by atoms with van der Waals surface area (Å²) < 4.78 is 0. The molecule has 0 spiro atoms. The lowest BCUT2D eigenvalue weighted by Gasteiger charge is -2.26. The Balaban J connectivity index is 2.93. The van der Waals surface area contributed by atoms with E-state index in [-0.39, 0.29) is 6.61 Å². The normalized spacial score (nSPS) is 10.6. The molecule has 0 saturated heterocycles. The zero-order valence-electron chi connectivity index (χ0n) is 10.9. The van der Waals surface area contributed by atoms with Crippen molar-refractivity contribution in [3.8, 4) is 0 Å². The molecule has 17 heavy (non-hydrogen) atoms. The predicted octanol–water partition coefficient (Wildman–Crippen LogP) is 2.05. The maximum atomic E-state index is 9.16. The molecule has 0 heterocycles. The molecule has 0 radical (unpaired) electrons. The largest absolute Gasteiger partial charge is 0.395 e. The average molecular weight is 236 g/mol. The van der Waals surface area contributed by atoms with Gasteiger partial charge in [0, 0.05) is 25.3 Å². The number of hydrogen-bond donors (Lipinski definition) is 2. The van der Waals surface area contributed by atoms with Gasteiger partial charge in [0.25, 0.3) is 0 Å². The molecule has 3 nitrogen and oxygen atoms in total. The minimum atomic E-state index is 0.182. The van der Waals surface area contributed by atoms with E-state index in [0.717, 1.165) is 24.9 Å². The number of aryl methyl sites for hydroxylation is 1. The third kappa shape index (κ3) is 4.02. The Morgan fingerprint density at radius 3 is 2.65 bits per heavy atom. The van der Waals surface area contributed by atoms with Gasteiger partial charge in [-0.1, -0.05) is 25.5 Å².